The van der Waals surface area contributed by atoms with E-state index < -0.39 is 12.0 Å². The maximum atomic E-state index is 11.2. The first kappa shape index (κ1) is 12.8. The summed E-state index contributed by atoms with van der Waals surface area (Å²) in [4.78, 5) is 15.2. The Hall–Kier alpha value is -1.27. The van der Waals surface area contributed by atoms with Gasteiger partial charge >= 0.3 is 0 Å². The summed E-state index contributed by atoms with van der Waals surface area (Å²) in [7, 11) is 0. The van der Waals surface area contributed by atoms with Crippen LogP contribution in [0.4, 0.5) is 5.69 Å². The molecule has 16 heavy (non-hydrogen) atoms. The van der Waals surface area contributed by atoms with Gasteiger partial charge < -0.3 is 16.6 Å². The van der Waals surface area contributed by atoms with E-state index >= 15 is 0 Å². The Morgan fingerprint density at radius 1 is 1.56 bits per heavy atom. The van der Waals surface area contributed by atoms with Crippen molar-refractivity contribution >= 4 is 23.4 Å². The molecule has 88 valence electrons. The average molecular weight is 241 g/mol. The molecule has 0 bridgehead atoms. The third-order valence-electron chi connectivity index (χ3n) is 2.11. The number of hydrogen-bond acceptors (Lipinski definition) is 5. The van der Waals surface area contributed by atoms with Crippen molar-refractivity contribution in [1.29, 1.82) is 0 Å². The van der Waals surface area contributed by atoms with Gasteiger partial charge in [0.1, 0.15) is 5.03 Å². The zero-order valence-corrected chi connectivity index (χ0v) is 9.99. The maximum Gasteiger partial charge on any atom is 0.251 e. The Kier molecular flexibility index (Phi) is 4.14. The van der Waals surface area contributed by atoms with Crippen LogP contribution in [-0.2, 0) is 0 Å². The lowest BCUT2D eigenvalue weighted by atomic mass is 10.2. The van der Waals surface area contributed by atoms with Crippen molar-refractivity contribution < 1.29 is 9.90 Å². The summed E-state index contributed by atoms with van der Waals surface area (Å²) in [5.41, 5.74) is 11.4. The van der Waals surface area contributed by atoms with Crippen LogP contribution in [0.5, 0.6) is 0 Å². The second kappa shape index (κ2) is 5.18. The fourth-order valence-corrected chi connectivity index (χ4v) is 1.96. The Balaban J connectivity index is 2.99. The van der Waals surface area contributed by atoms with E-state index in [1.807, 2.05) is 6.92 Å². The van der Waals surface area contributed by atoms with Gasteiger partial charge in [0, 0.05) is 5.25 Å². The monoisotopic (exact) mass is 241 g/mol. The normalized spacial score (nSPS) is 14.4. The van der Waals surface area contributed by atoms with E-state index in [1.54, 1.807) is 6.92 Å². The van der Waals surface area contributed by atoms with Crippen molar-refractivity contribution in [2.45, 2.75) is 30.2 Å². The molecular weight excluding hydrogens is 226 g/mol. The number of nitrogens with two attached hydrogens (primary N) is 2. The number of aliphatic hydroxyl groups excluding tert-OH is 1. The van der Waals surface area contributed by atoms with Crippen LogP contribution in [0.25, 0.3) is 0 Å². The minimum atomic E-state index is -0.569. The van der Waals surface area contributed by atoms with Crippen molar-refractivity contribution in [2.75, 3.05) is 5.73 Å². The number of rotatable bonds is 4. The number of carbonyl (C=O) groups is 1. The van der Waals surface area contributed by atoms with Crippen molar-refractivity contribution in [2.24, 2.45) is 5.73 Å². The molecule has 1 amide bonds. The highest BCUT2D eigenvalue weighted by atomic mass is 32.2. The fraction of sp³-hybridized carbons (Fsp3) is 0.400. The van der Waals surface area contributed by atoms with E-state index in [2.05, 4.69) is 4.98 Å². The highest BCUT2D eigenvalue weighted by Gasteiger charge is 2.16. The van der Waals surface area contributed by atoms with Gasteiger partial charge in [0.2, 0.25) is 0 Å². The number of carbonyl (C=O) groups excluding carboxylic acids is 1. The molecule has 0 saturated heterocycles. The molecule has 2 unspecified atom stereocenters. The van der Waals surface area contributed by atoms with Gasteiger partial charge in [0.15, 0.2) is 0 Å². The van der Waals surface area contributed by atoms with Crippen molar-refractivity contribution in [3.05, 3.63) is 17.8 Å². The minimum absolute atomic E-state index is 0.0748. The van der Waals surface area contributed by atoms with Gasteiger partial charge in [-0.25, -0.2) is 4.98 Å². The highest BCUT2D eigenvalue weighted by Crippen LogP contribution is 2.27. The van der Waals surface area contributed by atoms with Crippen molar-refractivity contribution in [1.82, 2.24) is 4.98 Å². The van der Waals surface area contributed by atoms with Crippen LogP contribution in [0.1, 0.15) is 24.2 Å². The van der Waals surface area contributed by atoms with Gasteiger partial charge in [-0.3, -0.25) is 4.79 Å². The van der Waals surface area contributed by atoms with E-state index in [1.165, 1.54) is 24.0 Å². The lowest BCUT2D eigenvalue weighted by Crippen LogP contribution is -2.18. The summed E-state index contributed by atoms with van der Waals surface area (Å²) in [6, 6.07) is 1.49. The minimum Gasteiger partial charge on any atom is -0.397 e. The molecule has 6 heteroatoms. The number of primary amides is 1. The number of nitrogens with zero attached hydrogens (tertiary/aromatic N) is 1. The van der Waals surface area contributed by atoms with Crippen molar-refractivity contribution in [3.8, 4) is 0 Å². The first-order chi connectivity index (χ1) is 7.41. The summed E-state index contributed by atoms with van der Waals surface area (Å²) < 4.78 is 0. The molecule has 1 aromatic heterocycles. The SMILES string of the molecule is CC(O)C(C)Sc1ncc(N)cc1C(N)=O. The number of anilines is 1. The largest absolute Gasteiger partial charge is 0.397 e. The van der Waals surface area contributed by atoms with Crippen LogP contribution in [0.2, 0.25) is 0 Å². The van der Waals surface area contributed by atoms with Crippen LogP contribution in [0, 0.1) is 0 Å². The van der Waals surface area contributed by atoms with E-state index in [-0.39, 0.29) is 10.8 Å². The number of aliphatic hydroxyl groups is 1. The molecular formula is C10H15N3O2S. The first-order valence-electron chi connectivity index (χ1n) is 4.82. The van der Waals surface area contributed by atoms with E-state index in [4.69, 9.17) is 11.5 Å². The number of nitrogen functional groups attached to an aromatic ring is 1. The van der Waals surface area contributed by atoms with E-state index in [9.17, 15) is 9.90 Å². The smallest absolute Gasteiger partial charge is 0.251 e. The Morgan fingerprint density at radius 3 is 2.69 bits per heavy atom. The second-order valence-corrected chi connectivity index (χ2v) is 4.92. The standard InChI is InChI=1S/C10H15N3O2S/c1-5(14)6(2)16-10-8(9(12)15)3-7(11)4-13-10/h3-6,14H,11H2,1-2H3,(H2,12,15). The molecule has 0 aliphatic heterocycles. The van der Waals surface area contributed by atoms with Crippen LogP contribution in [0.15, 0.2) is 17.3 Å². The number of pyridine rings is 1. The summed E-state index contributed by atoms with van der Waals surface area (Å²) in [6.07, 6.45) is 0.967. The van der Waals surface area contributed by atoms with Gasteiger partial charge in [-0.15, -0.1) is 0 Å². The predicted molar refractivity (Wildman–Crippen MR) is 64.2 cm³/mol. The van der Waals surface area contributed by atoms with Crippen molar-refractivity contribution in [3.63, 3.8) is 0 Å². The molecule has 0 fully saturated rings. The molecule has 5 nitrogen and oxygen atoms in total. The molecule has 0 saturated carbocycles. The van der Waals surface area contributed by atoms with Crippen LogP contribution in [0.3, 0.4) is 0 Å². The highest BCUT2D eigenvalue weighted by molar-refractivity contribution is 8.00. The van der Waals surface area contributed by atoms with Gasteiger partial charge in [-0.1, -0.05) is 18.7 Å². The summed E-state index contributed by atoms with van der Waals surface area (Å²) in [6.45, 7) is 3.52. The topological polar surface area (TPSA) is 102 Å². The summed E-state index contributed by atoms with van der Waals surface area (Å²) in [5, 5.41) is 9.80. The Morgan fingerprint density at radius 2 is 2.19 bits per heavy atom. The first-order valence-corrected chi connectivity index (χ1v) is 5.70. The molecule has 0 spiro atoms. The van der Waals surface area contributed by atoms with Crippen LogP contribution < -0.4 is 11.5 Å². The Bertz CT molecular complexity index is 396. The lowest BCUT2D eigenvalue weighted by molar-refractivity contribution is 0.0996. The third kappa shape index (κ3) is 3.11. The van der Waals surface area contributed by atoms with E-state index in [0.717, 1.165) is 0 Å². The molecule has 0 aliphatic rings. The maximum absolute atomic E-state index is 11.2. The molecule has 0 aliphatic carbocycles. The summed E-state index contributed by atoms with van der Waals surface area (Å²) in [5.74, 6) is -0.569. The molecule has 2 atom stereocenters. The molecule has 0 aromatic carbocycles. The molecule has 0 radical (unpaired) electrons. The van der Waals surface area contributed by atoms with Gasteiger partial charge in [0.05, 0.1) is 23.6 Å². The number of aromatic nitrogens is 1. The number of thioether (sulfide) groups is 1. The predicted octanol–water partition coefficient (Wildman–Crippen LogP) is 0.624. The number of hydrogen-bond donors (Lipinski definition) is 3. The summed E-state index contributed by atoms with van der Waals surface area (Å²) >= 11 is 1.30. The van der Waals surface area contributed by atoms with Gasteiger partial charge in [-0.05, 0) is 13.0 Å². The fourth-order valence-electron chi connectivity index (χ4n) is 1.01. The molecule has 1 heterocycles. The number of amides is 1. The third-order valence-corrected chi connectivity index (χ3v) is 3.43. The van der Waals surface area contributed by atoms with Gasteiger partial charge in [0.25, 0.3) is 5.91 Å². The molecule has 1 aromatic rings. The second-order valence-electron chi connectivity index (χ2n) is 3.55. The molecule has 5 N–H and O–H groups in total. The Labute approximate surface area is 98.2 Å². The van der Waals surface area contributed by atoms with E-state index in [0.29, 0.717) is 10.7 Å². The zero-order chi connectivity index (χ0) is 12.3. The molecule has 1 rings (SSSR count). The van der Waals surface area contributed by atoms with Gasteiger partial charge in [-0.2, -0.15) is 0 Å². The zero-order valence-electron chi connectivity index (χ0n) is 9.18. The van der Waals surface area contributed by atoms with Crippen LogP contribution >= 0.6 is 11.8 Å². The average Bonchev–Trinajstić information content (AvgIpc) is 2.20. The van der Waals surface area contributed by atoms with Crippen LogP contribution in [-0.4, -0.2) is 27.4 Å². The lowest BCUT2D eigenvalue weighted by Gasteiger charge is -2.14. The quantitative estimate of drug-likeness (QED) is 0.671.